The fourth-order valence-electron chi connectivity index (χ4n) is 3.70. The van der Waals surface area contributed by atoms with Crippen molar-refractivity contribution in [2.75, 3.05) is 32.2 Å². The van der Waals surface area contributed by atoms with E-state index in [1.165, 1.54) is 18.5 Å². The molecule has 2 aromatic carbocycles. The van der Waals surface area contributed by atoms with Crippen molar-refractivity contribution in [3.63, 3.8) is 0 Å². The quantitative estimate of drug-likeness (QED) is 0.611. The second-order valence-corrected chi connectivity index (χ2v) is 7.59. The number of aromatic nitrogens is 2. The minimum absolute atomic E-state index is 0.539. The highest BCUT2D eigenvalue weighted by Crippen LogP contribution is 2.29. The molecule has 152 valence electrons. The second-order valence-electron chi connectivity index (χ2n) is 7.59. The van der Waals surface area contributed by atoms with Gasteiger partial charge >= 0.3 is 0 Å². The summed E-state index contributed by atoms with van der Waals surface area (Å²) < 4.78 is 16.1. The molecular formula is C23H27N3O3. The minimum Gasteiger partial charge on any atom is -0.493 e. The molecular weight excluding hydrogens is 366 g/mol. The summed E-state index contributed by atoms with van der Waals surface area (Å²) in [6.07, 6.45) is 3.05. The zero-order chi connectivity index (χ0) is 20.2. The van der Waals surface area contributed by atoms with E-state index < -0.39 is 0 Å². The maximum atomic E-state index is 5.47. The molecule has 1 aliphatic rings. The van der Waals surface area contributed by atoms with Gasteiger partial charge in [-0.2, -0.15) is 4.98 Å². The number of benzene rings is 2. The molecule has 0 atom stereocenters. The molecule has 0 unspecified atom stereocenters. The maximum absolute atomic E-state index is 5.47. The third kappa shape index (κ3) is 4.36. The smallest absolute Gasteiger partial charge is 0.231 e. The molecule has 1 fully saturated rings. The highest BCUT2D eigenvalue weighted by atomic mass is 16.5. The van der Waals surface area contributed by atoms with Crippen LogP contribution in [0.25, 0.3) is 11.4 Å². The van der Waals surface area contributed by atoms with Crippen molar-refractivity contribution in [2.24, 2.45) is 5.92 Å². The first-order valence-electron chi connectivity index (χ1n) is 10.0. The van der Waals surface area contributed by atoms with Crippen molar-refractivity contribution >= 4 is 5.69 Å². The lowest BCUT2D eigenvalue weighted by Crippen LogP contribution is -2.32. The first kappa shape index (κ1) is 19.3. The lowest BCUT2D eigenvalue weighted by molar-refractivity contribution is 0.354. The molecule has 0 N–H and O–H groups in total. The van der Waals surface area contributed by atoms with Gasteiger partial charge in [-0.15, -0.1) is 0 Å². The van der Waals surface area contributed by atoms with Crippen molar-refractivity contribution in [3.8, 4) is 22.9 Å². The molecule has 0 amide bonds. The Hall–Kier alpha value is -3.02. The van der Waals surface area contributed by atoms with E-state index in [0.717, 1.165) is 30.1 Å². The average Bonchev–Trinajstić information content (AvgIpc) is 3.23. The van der Waals surface area contributed by atoms with Crippen LogP contribution in [0, 0.1) is 5.92 Å². The lowest BCUT2D eigenvalue weighted by atomic mass is 9.98. The third-order valence-electron chi connectivity index (χ3n) is 5.55. The highest BCUT2D eigenvalue weighted by Gasteiger charge is 2.17. The van der Waals surface area contributed by atoms with E-state index in [-0.39, 0.29) is 0 Å². The van der Waals surface area contributed by atoms with Crippen LogP contribution in [-0.4, -0.2) is 37.4 Å². The number of hydrogen-bond donors (Lipinski definition) is 0. The standard InChI is InChI=1S/C23H27N3O3/c1-16-10-12-26(13-11-16)19-7-5-18(6-8-19)23-24-22(29-25-23)15-17-4-9-20(27-2)21(14-17)28-3/h4-9,14,16H,10-13,15H2,1-3H3. The number of rotatable bonds is 6. The largest absolute Gasteiger partial charge is 0.493 e. The van der Waals surface area contributed by atoms with Gasteiger partial charge in [-0.05, 0) is 60.7 Å². The summed E-state index contributed by atoms with van der Waals surface area (Å²) in [4.78, 5) is 7.01. The van der Waals surface area contributed by atoms with Crippen molar-refractivity contribution in [3.05, 3.63) is 53.9 Å². The van der Waals surface area contributed by atoms with Crippen LogP contribution in [0.4, 0.5) is 5.69 Å². The van der Waals surface area contributed by atoms with E-state index in [4.69, 9.17) is 14.0 Å². The summed E-state index contributed by atoms with van der Waals surface area (Å²) in [5.74, 6) is 3.40. The number of hydrogen-bond acceptors (Lipinski definition) is 6. The second kappa shape index (κ2) is 8.55. The molecule has 0 radical (unpaired) electrons. The average molecular weight is 393 g/mol. The predicted octanol–water partition coefficient (Wildman–Crippen LogP) is 4.58. The Kier molecular flexibility index (Phi) is 5.69. The zero-order valence-electron chi connectivity index (χ0n) is 17.2. The molecule has 2 heterocycles. The van der Waals surface area contributed by atoms with Crippen molar-refractivity contribution in [1.29, 1.82) is 0 Å². The number of ether oxygens (including phenoxy) is 2. The SMILES string of the molecule is COc1ccc(Cc2nc(-c3ccc(N4CCC(C)CC4)cc3)no2)cc1OC. The molecule has 0 bridgehead atoms. The summed E-state index contributed by atoms with van der Waals surface area (Å²) in [7, 11) is 3.25. The molecule has 6 nitrogen and oxygen atoms in total. The molecule has 3 aromatic rings. The Balaban J connectivity index is 1.45. The zero-order valence-corrected chi connectivity index (χ0v) is 17.2. The Bertz CT molecular complexity index is 944. The monoisotopic (exact) mass is 393 g/mol. The highest BCUT2D eigenvalue weighted by molar-refractivity contribution is 5.60. The molecule has 1 saturated heterocycles. The number of piperidine rings is 1. The van der Waals surface area contributed by atoms with Gasteiger partial charge in [0.1, 0.15) is 0 Å². The van der Waals surface area contributed by atoms with Gasteiger partial charge in [-0.25, -0.2) is 0 Å². The van der Waals surface area contributed by atoms with E-state index in [0.29, 0.717) is 29.6 Å². The fraction of sp³-hybridized carbons (Fsp3) is 0.391. The van der Waals surface area contributed by atoms with Crippen LogP contribution in [0.5, 0.6) is 11.5 Å². The fourth-order valence-corrected chi connectivity index (χ4v) is 3.70. The first-order chi connectivity index (χ1) is 14.2. The van der Waals surface area contributed by atoms with Crippen LogP contribution < -0.4 is 14.4 Å². The van der Waals surface area contributed by atoms with Gasteiger partial charge in [0.05, 0.1) is 20.6 Å². The molecule has 1 aliphatic heterocycles. The van der Waals surface area contributed by atoms with E-state index >= 15 is 0 Å². The Labute approximate surface area is 171 Å². The molecule has 4 rings (SSSR count). The Morgan fingerprint density at radius 2 is 1.72 bits per heavy atom. The van der Waals surface area contributed by atoms with Crippen LogP contribution in [0.1, 0.15) is 31.2 Å². The van der Waals surface area contributed by atoms with Crippen LogP contribution in [-0.2, 0) is 6.42 Å². The summed E-state index contributed by atoms with van der Waals surface area (Å²) in [5.41, 5.74) is 3.24. The van der Waals surface area contributed by atoms with Crippen LogP contribution in [0.15, 0.2) is 47.0 Å². The summed E-state index contributed by atoms with van der Waals surface area (Å²) in [5, 5.41) is 4.16. The van der Waals surface area contributed by atoms with Gasteiger partial charge in [-0.1, -0.05) is 18.1 Å². The Morgan fingerprint density at radius 3 is 2.41 bits per heavy atom. The molecule has 1 aromatic heterocycles. The number of methoxy groups -OCH3 is 2. The summed E-state index contributed by atoms with van der Waals surface area (Å²) in [6.45, 7) is 4.58. The third-order valence-corrected chi connectivity index (χ3v) is 5.55. The van der Waals surface area contributed by atoms with E-state index in [1.54, 1.807) is 14.2 Å². The Morgan fingerprint density at radius 1 is 1.00 bits per heavy atom. The summed E-state index contributed by atoms with van der Waals surface area (Å²) in [6, 6.07) is 14.2. The molecule has 29 heavy (non-hydrogen) atoms. The van der Waals surface area contributed by atoms with E-state index in [1.807, 2.05) is 18.2 Å². The molecule has 0 saturated carbocycles. The van der Waals surface area contributed by atoms with Crippen LogP contribution in [0.3, 0.4) is 0 Å². The lowest BCUT2D eigenvalue weighted by Gasteiger charge is -2.32. The van der Waals surface area contributed by atoms with Crippen molar-refractivity contribution in [2.45, 2.75) is 26.2 Å². The summed E-state index contributed by atoms with van der Waals surface area (Å²) >= 11 is 0. The van der Waals surface area contributed by atoms with Gasteiger partial charge in [-0.3, -0.25) is 0 Å². The molecule has 6 heteroatoms. The van der Waals surface area contributed by atoms with Gasteiger partial charge in [0.25, 0.3) is 0 Å². The van der Waals surface area contributed by atoms with Gasteiger partial charge in [0.15, 0.2) is 11.5 Å². The van der Waals surface area contributed by atoms with Gasteiger partial charge in [0.2, 0.25) is 11.7 Å². The van der Waals surface area contributed by atoms with Crippen molar-refractivity contribution < 1.29 is 14.0 Å². The minimum atomic E-state index is 0.539. The number of anilines is 1. The van der Waals surface area contributed by atoms with Crippen LogP contribution in [0.2, 0.25) is 0 Å². The number of nitrogens with zero attached hydrogens (tertiary/aromatic N) is 3. The first-order valence-corrected chi connectivity index (χ1v) is 10.0. The van der Waals surface area contributed by atoms with Gasteiger partial charge < -0.3 is 18.9 Å². The normalized spacial score (nSPS) is 14.8. The topological polar surface area (TPSA) is 60.6 Å². The molecule has 0 aliphatic carbocycles. The van der Waals surface area contributed by atoms with Gasteiger partial charge in [0, 0.05) is 24.3 Å². The van der Waals surface area contributed by atoms with E-state index in [2.05, 4.69) is 46.2 Å². The van der Waals surface area contributed by atoms with E-state index in [9.17, 15) is 0 Å². The predicted molar refractivity (Wildman–Crippen MR) is 113 cm³/mol. The van der Waals surface area contributed by atoms with Crippen molar-refractivity contribution in [1.82, 2.24) is 10.1 Å². The van der Waals surface area contributed by atoms with Crippen LogP contribution >= 0.6 is 0 Å². The molecule has 0 spiro atoms. The maximum Gasteiger partial charge on any atom is 0.231 e.